The Hall–Kier alpha value is -5.06. The summed E-state index contributed by atoms with van der Waals surface area (Å²) in [7, 11) is 0. The number of aliphatic imine (C=N–C) groups is 2. The molecule has 0 aliphatic heterocycles. The number of benzene rings is 4. The van der Waals surface area contributed by atoms with E-state index in [1.54, 1.807) is 61.0 Å². The number of rotatable bonds is 10. The van der Waals surface area contributed by atoms with E-state index in [-0.39, 0.29) is 59.6 Å². The third kappa shape index (κ3) is 11.7. The summed E-state index contributed by atoms with van der Waals surface area (Å²) in [6.07, 6.45) is 7.08. The van der Waals surface area contributed by atoms with E-state index < -0.39 is 0 Å². The summed E-state index contributed by atoms with van der Waals surface area (Å²) in [5.41, 5.74) is 4.76. The number of anilines is 2. The second-order valence-electron chi connectivity index (χ2n) is 16.3. The van der Waals surface area contributed by atoms with Gasteiger partial charge in [-0.3, -0.25) is 9.98 Å². The summed E-state index contributed by atoms with van der Waals surface area (Å²) < 4.78 is 0. The van der Waals surface area contributed by atoms with Crippen molar-refractivity contribution < 1.29 is 19.8 Å². The van der Waals surface area contributed by atoms with E-state index in [1.807, 2.05) is 65.8 Å². The summed E-state index contributed by atoms with van der Waals surface area (Å²) in [5.74, 6) is 0.303. The Morgan fingerprint density at radius 2 is 1.00 bits per heavy atom. The number of carbonyl (C=O) groups excluding carboxylic acids is 2. The van der Waals surface area contributed by atoms with Gasteiger partial charge in [0.1, 0.15) is 11.5 Å². The standard InChI is InChI=1S/C44H52Cl2N6O4/c1-43(2,3)35-21-27(23-49-41(55)51-33-15-11-31(45)12-16-33)19-29(39(35)53)25-47-37-9-7-8-10-38(37)48-26-30-20-28(22-36(40(30)54)44(4,5)6)24-50-42(56)52-34-17-13-32(46)14-18-34/h11-22,25-26,37-38,53-54H,7-10,23-24H2,1-6H3,(H2,49,51,55)(H2,50,52,56)/t37-,38-/m1/s1. The number of amides is 4. The third-order valence-corrected chi connectivity index (χ3v) is 10.1. The van der Waals surface area contributed by atoms with Crippen LogP contribution in [0, 0.1) is 0 Å². The molecule has 4 aromatic carbocycles. The van der Waals surface area contributed by atoms with Gasteiger partial charge < -0.3 is 31.5 Å². The van der Waals surface area contributed by atoms with Crippen LogP contribution in [0.3, 0.4) is 0 Å². The van der Waals surface area contributed by atoms with E-state index in [2.05, 4.69) is 21.3 Å². The smallest absolute Gasteiger partial charge is 0.319 e. The van der Waals surface area contributed by atoms with Gasteiger partial charge in [0.15, 0.2) is 0 Å². The lowest BCUT2D eigenvalue weighted by atomic mass is 9.84. The van der Waals surface area contributed by atoms with Gasteiger partial charge in [-0.15, -0.1) is 0 Å². The average molecular weight is 800 g/mol. The molecule has 12 heteroatoms. The van der Waals surface area contributed by atoms with Crippen LogP contribution in [-0.2, 0) is 23.9 Å². The van der Waals surface area contributed by atoms with Crippen molar-refractivity contribution in [1.82, 2.24) is 10.6 Å². The number of carbonyl (C=O) groups is 2. The molecule has 1 saturated carbocycles. The fourth-order valence-corrected chi connectivity index (χ4v) is 6.81. The lowest BCUT2D eigenvalue weighted by Crippen LogP contribution is -2.28. The van der Waals surface area contributed by atoms with Crippen LogP contribution >= 0.6 is 23.2 Å². The summed E-state index contributed by atoms with van der Waals surface area (Å²) in [4.78, 5) is 35.3. The normalized spacial score (nSPS) is 16.2. The zero-order chi connectivity index (χ0) is 40.6. The average Bonchev–Trinajstić information content (AvgIpc) is 3.14. The molecule has 1 fully saturated rings. The van der Waals surface area contributed by atoms with Crippen molar-refractivity contribution in [2.75, 3.05) is 10.6 Å². The van der Waals surface area contributed by atoms with E-state index in [1.165, 1.54) is 0 Å². The van der Waals surface area contributed by atoms with Gasteiger partial charge in [0, 0.05) is 69.2 Å². The van der Waals surface area contributed by atoms with Gasteiger partial charge in [-0.1, -0.05) is 77.6 Å². The largest absolute Gasteiger partial charge is 0.507 e. The molecule has 56 heavy (non-hydrogen) atoms. The quantitative estimate of drug-likeness (QED) is 0.0886. The van der Waals surface area contributed by atoms with Crippen molar-refractivity contribution in [1.29, 1.82) is 0 Å². The highest BCUT2D eigenvalue weighted by atomic mass is 35.5. The van der Waals surface area contributed by atoms with Crippen molar-refractivity contribution in [3.63, 3.8) is 0 Å². The highest BCUT2D eigenvalue weighted by Crippen LogP contribution is 2.36. The molecule has 0 saturated heterocycles. The fourth-order valence-electron chi connectivity index (χ4n) is 6.56. The van der Waals surface area contributed by atoms with Crippen molar-refractivity contribution >= 4 is 59.1 Å². The van der Waals surface area contributed by atoms with Gasteiger partial charge in [-0.2, -0.15) is 0 Å². The van der Waals surface area contributed by atoms with Crippen LogP contribution < -0.4 is 21.3 Å². The Labute approximate surface area is 339 Å². The minimum atomic E-state index is -0.371. The number of hydrogen-bond donors (Lipinski definition) is 6. The molecule has 4 amide bonds. The van der Waals surface area contributed by atoms with Crippen molar-refractivity contribution in [2.24, 2.45) is 9.98 Å². The minimum absolute atomic E-state index is 0.143. The Morgan fingerprint density at radius 1 is 0.643 bits per heavy atom. The molecular weight excluding hydrogens is 747 g/mol. The highest BCUT2D eigenvalue weighted by molar-refractivity contribution is 6.31. The van der Waals surface area contributed by atoms with Crippen molar-refractivity contribution in [3.8, 4) is 11.5 Å². The Balaban J connectivity index is 1.33. The zero-order valence-corrected chi connectivity index (χ0v) is 34.4. The zero-order valence-electron chi connectivity index (χ0n) is 32.8. The van der Waals surface area contributed by atoms with Gasteiger partial charge in [-0.25, -0.2) is 9.59 Å². The molecule has 0 heterocycles. The molecular formula is C44H52Cl2N6O4. The SMILES string of the molecule is CC(C)(C)c1cc(CNC(=O)Nc2ccc(Cl)cc2)cc(C=N[C@@H]2CCCC[C@H]2N=Cc2cc(CNC(=O)Nc3ccc(Cl)cc3)cc(C(C)(C)C)c2O)c1O. The second kappa shape index (κ2) is 18.3. The number of phenolic OH excluding ortho intramolecular Hbond substituents is 2. The number of aromatic hydroxyl groups is 2. The number of hydrogen-bond acceptors (Lipinski definition) is 6. The van der Waals surface area contributed by atoms with E-state index in [0.29, 0.717) is 32.5 Å². The molecule has 296 valence electrons. The first kappa shape index (κ1) is 42.1. The monoisotopic (exact) mass is 798 g/mol. The Kier molecular flexibility index (Phi) is 13.7. The summed E-state index contributed by atoms with van der Waals surface area (Å²) in [6.45, 7) is 12.6. The third-order valence-electron chi connectivity index (χ3n) is 9.63. The maximum absolute atomic E-state index is 12.7. The van der Waals surface area contributed by atoms with Gasteiger partial charge in [0.25, 0.3) is 0 Å². The maximum atomic E-state index is 12.7. The summed E-state index contributed by atoms with van der Waals surface area (Å²) in [5, 5.41) is 35.4. The van der Waals surface area contributed by atoms with Gasteiger partial charge in [0.2, 0.25) is 0 Å². The van der Waals surface area contributed by atoms with E-state index in [4.69, 9.17) is 33.2 Å². The van der Waals surface area contributed by atoms with E-state index in [0.717, 1.165) is 47.9 Å². The first-order valence-electron chi connectivity index (χ1n) is 18.9. The van der Waals surface area contributed by atoms with E-state index >= 15 is 0 Å². The molecule has 1 aliphatic rings. The molecule has 4 aromatic rings. The summed E-state index contributed by atoms with van der Waals surface area (Å²) in [6, 6.07) is 20.2. The highest BCUT2D eigenvalue weighted by Gasteiger charge is 2.26. The molecule has 2 atom stereocenters. The molecule has 6 N–H and O–H groups in total. The number of nitrogens with one attached hydrogen (secondary N) is 4. The topological polar surface area (TPSA) is 147 Å². The van der Waals surface area contributed by atoms with Crippen molar-refractivity contribution in [2.45, 2.75) is 103 Å². The first-order valence-corrected chi connectivity index (χ1v) is 19.6. The number of urea groups is 2. The molecule has 5 rings (SSSR count). The van der Waals surface area contributed by atoms with Crippen LogP contribution in [0.2, 0.25) is 10.0 Å². The van der Waals surface area contributed by atoms with Gasteiger partial charge in [-0.05, 0) is 108 Å². The van der Waals surface area contributed by atoms with Gasteiger partial charge >= 0.3 is 12.1 Å². The maximum Gasteiger partial charge on any atom is 0.319 e. The van der Waals surface area contributed by atoms with Crippen LogP contribution in [0.15, 0.2) is 82.8 Å². The predicted molar refractivity (Wildman–Crippen MR) is 229 cm³/mol. The van der Waals surface area contributed by atoms with Crippen LogP contribution in [-0.4, -0.2) is 46.8 Å². The number of nitrogens with zero attached hydrogens (tertiary/aromatic N) is 2. The van der Waals surface area contributed by atoms with Crippen LogP contribution in [0.4, 0.5) is 21.0 Å². The lowest BCUT2D eigenvalue weighted by Gasteiger charge is -2.26. The molecule has 0 unspecified atom stereocenters. The molecule has 0 spiro atoms. The fraction of sp³-hybridized carbons (Fsp3) is 0.364. The molecule has 1 aliphatic carbocycles. The summed E-state index contributed by atoms with van der Waals surface area (Å²) >= 11 is 11.9. The molecule has 0 bridgehead atoms. The first-order chi connectivity index (χ1) is 26.5. The number of phenols is 2. The number of halogens is 2. The second-order valence-corrected chi connectivity index (χ2v) is 17.1. The van der Waals surface area contributed by atoms with Crippen LogP contribution in [0.1, 0.15) is 101 Å². The Bertz CT molecular complexity index is 1920. The van der Waals surface area contributed by atoms with Crippen LogP contribution in [0.25, 0.3) is 0 Å². The molecule has 0 radical (unpaired) electrons. The molecule has 10 nitrogen and oxygen atoms in total. The van der Waals surface area contributed by atoms with Crippen LogP contribution in [0.5, 0.6) is 11.5 Å². The van der Waals surface area contributed by atoms with Gasteiger partial charge in [0.05, 0.1) is 12.1 Å². The molecule has 0 aromatic heterocycles. The Morgan fingerprint density at radius 3 is 1.34 bits per heavy atom. The van der Waals surface area contributed by atoms with Crippen molar-refractivity contribution in [3.05, 3.63) is 116 Å². The van der Waals surface area contributed by atoms with E-state index in [9.17, 15) is 19.8 Å². The minimum Gasteiger partial charge on any atom is -0.507 e. The predicted octanol–water partition coefficient (Wildman–Crippen LogP) is 10.5. The lowest BCUT2D eigenvalue weighted by molar-refractivity contribution is 0.251.